The third-order valence-corrected chi connectivity index (χ3v) is 4.66. The average Bonchev–Trinajstić information content (AvgIpc) is 2.77. The topological polar surface area (TPSA) is 33.1 Å². The first kappa shape index (κ1) is 15.7. The Balaban J connectivity index is 2.19. The summed E-state index contributed by atoms with van der Waals surface area (Å²) in [5.74, 6) is 0. The molecule has 108 valence electrons. The van der Waals surface area contributed by atoms with Crippen LogP contribution in [0.1, 0.15) is 44.0 Å². The van der Waals surface area contributed by atoms with Crippen LogP contribution in [0.4, 0.5) is 0 Å². The molecule has 0 radical (unpaired) electrons. The first-order chi connectivity index (χ1) is 9.18. The number of rotatable bonds is 3. The average molecular weight is 354 g/mol. The molecule has 20 heavy (non-hydrogen) atoms. The largest absolute Gasteiger partial charge is 0.385 e. The van der Waals surface area contributed by atoms with Crippen LogP contribution in [0.25, 0.3) is 0 Å². The summed E-state index contributed by atoms with van der Waals surface area (Å²) in [6, 6.07) is 7.79. The van der Waals surface area contributed by atoms with Gasteiger partial charge >= 0.3 is 0 Å². The summed E-state index contributed by atoms with van der Waals surface area (Å²) in [7, 11) is 0. The Morgan fingerprint density at radius 3 is 2.25 bits per heavy atom. The zero-order valence-electron chi connectivity index (χ0n) is 12.3. The molecule has 0 aliphatic carbocycles. The van der Waals surface area contributed by atoms with Gasteiger partial charge in [0.05, 0.1) is 16.3 Å². The first-order valence-corrected chi connectivity index (χ1v) is 8.29. The summed E-state index contributed by atoms with van der Waals surface area (Å²) in [6.45, 7) is 8.30. The van der Waals surface area contributed by atoms with Crippen LogP contribution in [0.5, 0.6) is 0 Å². The van der Waals surface area contributed by atoms with E-state index in [1.54, 1.807) is 11.3 Å². The van der Waals surface area contributed by atoms with Crippen molar-refractivity contribution in [3.8, 4) is 0 Å². The molecular weight excluding hydrogens is 334 g/mol. The number of hydrogen-bond acceptors (Lipinski definition) is 3. The lowest BCUT2D eigenvalue weighted by molar-refractivity contribution is 0.0575. The lowest BCUT2D eigenvalue weighted by Gasteiger charge is -2.23. The molecule has 1 atom stereocenters. The van der Waals surface area contributed by atoms with Gasteiger partial charge in [0, 0.05) is 21.7 Å². The molecule has 0 aliphatic rings. The van der Waals surface area contributed by atoms with E-state index in [4.69, 9.17) is 0 Å². The minimum absolute atomic E-state index is 0.0538. The van der Waals surface area contributed by atoms with Crippen molar-refractivity contribution < 1.29 is 5.11 Å². The van der Waals surface area contributed by atoms with E-state index < -0.39 is 5.60 Å². The smallest absolute Gasteiger partial charge is 0.0960 e. The maximum Gasteiger partial charge on any atom is 0.0960 e. The molecule has 0 aliphatic heterocycles. The normalized spacial score (nSPS) is 15.1. The van der Waals surface area contributed by atoms with Crippen molar-refractivity contribution in [3.05, 3.63) is 50.4 Å². The minimum Gasteiger partial charge on any atom is -0.385 e. The van der Waals surface area contributed by atoms with Crippen molar-refractivity contribution in [3.63, 3.8) is 0 Å². The first-order valence-electron chi connectivity index (χ1n) is 6.62. The highest BCUT2D eigenvalue weighted by Gasteiger charge is 2.26. The number of benzene rings is 1. The molecule has 1 aromatic heterocycles. The summed E-state index contributed by atoms with van der Waals surface area (Å²) in [5, 5.41) is 13.8. The number of halogens is 1. The Labute approximate surface area is 133 Å². The third-order valence-electron chi connectivity index (χ3n) is 3.28. The molecule has 0 fully saturated rings. The minimum atomic E-state index is -0.895. The van der Waals surface area contributed by atoms with E-state index in [1.807, 2.05) is 31.2 Å². The summed E-state index contributed by atoms with van der Waals surface area (Å²) < 4.78 is 1.02. The van der Waals surface area contributed by atoms with E-state index in [0.29, 0.717) is 6.42 Å². The summed E-state index contributed by atoms with van der Waals surface area (Å²) in [4.78, 5) is 4.66. The number of hydrogen-bond donors (Lipinski definition) is 1. The van der Waals surface area contributed by atoms with Crippen LogP contribution in [0.15, 0.2) is 34.1 Å². The van der Waals surface area contributed by atoms with Crippen molar-refractivity contribution in [1.29, 1.82) is 0 Å². The lowest BCUT2D eigenvalue weighted by atomic mass is 9.92. The summed E-state index contributed by atoms with van der Waals surface area (Å²) >= 11 is 5.03. The highest BCUT2D eigenvalue weighted by atomic mass is 79.9. The molecule has 1 aromatic carbocycles. The van der Waals surface area contributed by atoms with Crippen LogP contribution in [-0.4, -0.2) is 10.1 Å². The fraction of sp³-hybridized carbons (Fsp3) is 0.438. The van der Waals surface area contributed by atoms with Crippen LogP contribution >= 0.6 is 27.3 Å². The van der Waals surface area contributed by atoms with Crippen LogP contribution in [0, 0.1) is 0 Å². The maximum absolute atomic E-state index is 10.7. The number of thiazole rings is 1. The molecule has 0 saturated carbocycles. The van der Waals surface area contributed by atoms with Gasteiger partial charge in [-0.2, -0.15) is 0 Å². The molecule has 2 rings (SSSR count). The van der Waals surface area contributed by atoms with Crippen molar-refractivity contribution in [2.45, 2.75) is 45.1 Å². The van der Waals surface area contributed by atoms with Gasteiger partial charge < -0.3 is 5.11 Å². The SMILES string of the molecule is CC(C)(C)c1csc(CC(C)(O)c2ccc(Br)cc2)n1. The maximum atomic E-state index is 10.7. The van der Waals surface area contributed by atoms with Gasteiger partial charge in [0.25, 0.3) is 0 Å². The highest BCUT2D eigenvalue weighted by molar-refractivity contribution is 9.10. The standard InChI is InChI=1S/C16H20BrNOS/c1-15(2,3)13-10-20-14(18-13)9-16(4,19)11-5-7-12(17)8-6-11/h5-8,10,19H,9H2,1-4H3. The fourth-order valence-corrected chi connectivity index (χ4v) is 3.38. The van der Waals surface area contributed by atoms with Crippen LogP contribution < -0.4 is 0 Å². The van der Waals surface area contributed by atoms with Crippen molar-refractivity contribution in [1.82, 2.24) is 4.98 Å². The highest BCUT2D eigenvalue weighted by Crippen LogP contribution is 2.30. The van der Waals surface area contributed by atoms with Gasteiger partial charge in [0.15, 0.2) is 0 Å². The van der Waals surface area contributed by atoms with Gasteiger partial charge in [0.1, 0.15) is 0 Å². The molecular formula is C16H20BrNOS. The van der Waals surface area contributed by atoms with Crippen LogP contribution in [-0.2, 0) is 17.4 Å². The predicted molar refractivity (Wildman–Crippen MR) is 88.2 cm³/mol. The van der Waals surface area contributed by atoms with Crippen LogP contribution in [0.2, 0.25) is 0 Å². The van der Waals surface area contributed by atoms with Gasteiger partial charge in [0.2, 0.25) is 0 Å². The van der Waals surface area contributed by atoms with E-state index >= 15 is 0 Å². The van der Waals surface area contributed by atoms with E-state index in [-0.39, 0.29) is 5.41 Å². The Kier molecular flexibility index (Phi) is 4.38. The Morgan fingerprint density at radius 2 is 1.75 bits per heavy atom. The molecule has 0 amide bonds. The molecule has 4 heteroatoms. The summed E-state index contributed by atoms with van der Waals surface area (Å²) in [5.41, 5.74) is 1.16. The lowest BCUT2D eigenvalue weighted by Crippen LogP contribution is -2.24. The molecule has 1 heterocycles. The molecule has 1 N–H and O–H groups in total. The fourth-order valence-electron chi connectivity index (χ4n) is 1.94. The van der Waals surface area contributed by atoms with E-state index in [9.17, 15) is 5.11 Å². The van der Waals surface area contributed by atoms with Crippen molar-refractivity contribution in [2.75, 3.05) is 0 Å². The second kappa shape index (κ2) is 5.58. The molecule has 2 aromatic rings. The molecule has 1 unspecified atom stereocenters. The van der Waals surface area contributed by atoms with Gasteiger partial charge in [-0.1, -0.05) is 48.8 Å². The number of aromatic nitrogens is 1. The Bertz CT molecular complexity index is 581. The van der Waals surface area contributed by atoms with E-state index in [0.717, 1.165) is 20.7 Å². The van der Waals surface area contributed by atoms with E-state index in [2.05, 4.69) is 47.1 Å². The third kappa shape index (κ3) is 3.68. The van der Waals surface area contributed by atoms with Gasteiger partial charge in [-0.05, 0) is 24.6 Å². The second-order valence-corrected chi connectivity index (χ2v) is 8.19. The second-order valence-electron chi connectivity index (χ2n) is 6.33. The number of nitrogens with zero attached hydrogens (tertiary/aromatic N) is 1. The van der Waals surface area contributed by atoms with Gasteiger partial charge in [-0.15, -0.1) is 11.3 Å². The monoisotopic (exact) mass is 353 g/mol. The Morgan fingerprint density at radius 1 is 1.15 bits per heavy atom. The zero-order valence-corrected chi connectivity index (χ0v) is 14.7. The van der Waals surface area contributed by atoms with Gasteiger partial charge in [-0.25, -0.2) is 4.98 Å². The predicted octanol–water partition coefficient (Wildman–Crippen LogP) is 4.65. The summed E-state index contributed by atoms with van der Waals surface area (Å²) in [6.07, 6.45) is 0.537. The molecule has 0 bridgehead atoms. The Hall–Kier alpha value is -0.710. The molecule has 0 spiro atoms. The molecule has 2 nitrogen and oxygen atoms in total. The van der Waals surface area contributed by atoms with E-state index in [1.165, 1.54) is 0 Å². The van der Waals surface area contributed by atoms with Crippen molar-refractivity contribution >= 4 is 27.3 Å². The van der Waals surface area contributed by atoms with Crippen molar-refractivity contribution in [2.24, 2.45) is 0 Å². The quantitative estimate of drug-likeness (QED) is 0.870. The van der Waals surface area contributed by atoms with Crippen LogP contribution in [0.3, 0.4) is 0 Å². The zero-order chi connectivity index (χ0) is 15.0. The number of aliphatic hydroxyl groups is 1. The molecule has 0 saturated heterocycles. The van der Waals surface area contributed by atoms with Gasteiger partial charge in [-0.3, -0.25) is 0 Å².